The minimum Gasteiger partial charge on any atom is -0.508 e. The molecule has 2 aromatic heterocycles. The second kappa shape index (κ2) is 13.0. The number of aliphatic carboxylic acids is 2. The fourth-order valence-electron chi connectivity index (χ4n) is 2.63. The van der Waals surface area contributed by atoms with Gasteiger partial charge in [-0.3, -0.25) is 9.79 Å². The number of carbonyl (C=O) groups is 2. The van der Waals surface area contributed by atoms with Crippen LogP contribution in [0.25, 0.3) is 0 Å². The van der Waals surface area contributed by atoms with Crippen LogP contribution in [0, 0.1) is 0 Å². The number of aliphatic imine (C=N–C) groups is 1. The zero-order valence-electron chi connectivity index (χ0n) is 17.5. The summed E-state index contributed by atoms with van der Waals surface area (Å²) in [6, 6.07) is 2.20. The van der Waals surface area contributed by atoms with E-state index in [9.17, 15) is 24.9 Å². The summed E-state index contributed by atoms with van der Waals surface area (Å²) in [7, 11) is 0. The van der Waals surface area contributed by atoms with Crippen molar-refractivity contribution in [1.29, 1.82) is 0 Å². The number of benzene rings is 1. The number of rotatable bonds is 8. The van der Waals surface area contributed by atoms with Crippen molar-refractivity contribution in [2.24, 2.45) is 10.7 Å². The van der Waals surface area contributed by atoms with Gasteiger partial charge in [0.05, 0.1) is 24.0 Å². The van der Waals surface area contributed by atoms with Gasteiger partial charge in [0.25, 0.3) is 0 Å². The summed E-state index contributed by atoms with van der Waals surface area (Å²) in [6.45, 7) is 1.60. The quantitative estimate of drug-likeness (QED) is 0.218. The molecular formula is C20H24CrN6O6. The van der Waals surface area contributed by atoms with Crippen molar-refractivity contribution in [2.45, 2.75) is 31.8 Å². The van der Waals surface area contributed by atoms with Gasteiger partial charge in [-0.15, -0.1) is 0 Å². The minimum absolute atomic E-state index is 0. The molecule has 2 heterocycles. The van der Waals surface area contributed by atoms with Crippen LogP contribution in [0.4, 0.5) is 0 Å². The third-order valence-corrected chi connectivity index (χ3v) is 4.26. The monoisotopic (exact) mass is 496 g/mol. The predicted molar refractivity (Wildman–Crippen MR) is 114 cm³/mol. The zero-order chi connectivity index (χ0) is 23.7. The molecule has 0 radical (unpaired) electrons. The van der Waals surface area contributed by atoms with Gasteiger partial charge >= 0.3 is 11.9 Å². The van der Waals surface area contributed by atoms with E-state index < -0.39 is 24.0 Å². The van der Waals surface area contributed by atoms with Crippen molar-refractivity contribution in [3.8, 4) is 11.5 Å². The van der Waals surface area contributed by atoms with Crippen LogP contribution in [0.1, 0.15) is 23.9 Å². The number of aromatic nitrogens is 4. The summed E-state index contributed by atoms with van der Waals surface area (Å²) in [5, 5.41) is 36.7. The maximum absolute atomic E-state index is 11.3. The van der Waals surface area contributed by atoms with Crippen molar-refractivity contribution >= 4 is 17.7 Å². The second-order valence-corrected chi connectivity index (χ2v) is 6.74. The molecule has 2 unspecified atom stereocenters. The molecular weight excluding hydrogens is 472 g/mol. The van der Waals surface area contributed by atoms with Gasteiger partial charge < -0.3 is 36.1 Å². The van der Waals surface area contributed by atoms with Crippen LogP contribution in [0.15, 0.2) is 48.2 Å². The van der Waals surface area contributed by atoms with E-state index in [0.717, 1.165) is 0 Å². The van der Waals surface area contributed by atoms with Crippen LogP contribution in [0.5, 0.6) is 11.5 Å². The first-order valence-corrected chi connectivity index (χ1v) is 9.40. The summed E-state index contributed by atoms with van der Waals surface area (Å²) in [4.78, 5) is 39.0. The Bertz CT molecular complexity index is 1060. The molecule has 3 rings (SSSR count). The Morgan fingerprint density at radius 1 is 1.03 bits per heavy atom. The molecule has 0 spiro atoms. The normalized spacial score (nSPS) is 12.6. The van der Waals surface area contributed by atoms with Crippen molar-refractivity contribution in [3.63, 3.8) is 0 Å². The minimum atomic E-state index is -1.07. The Hall–Kier alpha value is -3.66. The predicted octanol–water partition coefficient (Wildman–Crippen LogP) is 0.687. The largest absolute Gasteiger partial charge is 0.508 e. The maximum atomic E-state index is 11.3. The number of H-pyrrole nitrogens is 2. The van der Waals surface area contributed by atoms with Crippen LogP contribution in [-0.2, 0) is 39.8 Å². The molecule has 3 aromatic rings. The zero-order valence-corrected chi connectivity index (χ0v) is 18.8. The van der Waals surface area contributed by atoms with E-state index in [-0.39, 0.29) is 41.7 Å². The number of nitrogens with zero attached hydrogens (tertiary/aromatic N) is 3. The number of aromatic hydroxyl groups is 2. The van der Waals surface area contributed by atoms with Crippen LogP contribution < -0.4 is 5.73 Å². The van der Waals surface area contributed by atoms with Gasteiger partial charge in [0.2, 0.25) is 0 Å². The molecule has 8 N–H and O–H groups in total. The van der Waals surface area contributed by atoms with E-state index in [1.807, 2.05) is 0 Å². The summed E-state index contributed by atoms with van der Waals surface area (Å²) in [5.74, 6) is -2.31. The molecule has 13 heteroatoms. The first kappa shape index (κ1) is 27.4. The van der Waals surface area contributed by atoms with E-state index >= 15 is 0 Å². The van der Waals surface area contributed by atoms with Gasteiger partial charge in [-0.1, -0.05) is 0 Å². The van der Waals surface area contributed by atoms with Gasteiger partial charge in [0.1, 0.15) is 17.5 Å². The standard InChI is InChI=1S/C14H15N3O4.C6H9N3O2.Cr/c1-8(11-3-2-10(18)5-13(11)19)17-12(14(20)21)4-9-6-15-7-16-9;7-5(6(10)11)1-4-2-8-3-9-4;/h2-3,5-7,12,18-19H,4H2,1H3,(H,15,16)(H,20,21);2-3,5H,1,7H2,(H,8,9)(H,10,11);/b17-8+;;. The molecule has 0 bridgehead atoms. The number of phenols is 2. The topological polar surface area (TPSA) is 211 Å². The number of hydrogen-bond donors (Lipinski definition) is 7. The third kappa shape index (κ3) is 8.78. The smallest absolute Gasteiger partial charge is 0.328 e. The molecule has 0 fully saturated rings. The summed E-state index contributed by atoms with van der Waals surface area (Å²) in [6.07, 6.45) is 6.61. The number of phenolic OH excluding ortho intramolecular Hbond substituents is 2. The van der Waals surface area contributed by atoms with Crippen molar-refractivity contribution in [2.75, 3.05) is 0 Å². The Morgan fingerprint density at radius 2 is 1.61 bits per heavy atom. The number of nitrogens with one attached hydrogen (secondary N) is 2. The molecule has 1 aromatic carbocycles. The van der Waals surface area contributed by atoms with E-state index in [4.69, 9.17) is 10.8 Å². The average Bonchev–Trinajstić information content (AvgIpc) is 3.42. The van der Waals surface area contributed by atoms with Gasteiger partial charge in [-0.25, -0.2) is 14.8 Å². The fraction of sp³-hybridized carbons (Fsp3) is 0.250. The SMILES string of the molecule is C/C(=N\C(Cc1c[nH]cn1)C(=O)O)c1ccc(O)cc1O.NC(Cc1c[nH]cn1)C(=O)O.[Cr]. The number of carboxylic acid groups (broad SMARTS) is 2. The molecule has 176 valence electrons. The van der Waals surface area contributed by atoms with Crippen molar-refractivity contribution < 1.29 is 47.4 Å². The molecule has 12 nitrogen and oxygen atoms in total. The van der Waals surface area contributed by atoms with Crippen LogP contribution in [0.2, 0.25) is 0 Å². The number of imidazole rings is 2. The first-order valence-electron chi connectivity index (χ1n) is 9.40. The van der Waals surface area contributed by atoms with Gasteiger partial charge in [-0.05, 0) is 19.1 Å². The van der Waals surface area contributed by atoms with Crippen molar-refractivity contribution in [3.05, 3.63) is 60.2 Å². The number of aromatic amines is 2. The molecule has 0 saturated carbocycles. The van der Waals surface area contributed by atoms with Gasteiger partial charge in [0.15, 0.2) is 6.04 Å². The second-order valence-electron chi connectivity index (χ2n) is 6.74. The Labute approximate surface area is 199 Å². The molecule has 0 aliphatic heterocycles. The van der Waals surface area contributed by atoms with E-state index in [2.05, 4.69) is 24.9 Å². The average molecular weight is 496 g/mol. The number of hydrogen-bond acceptors (Lipinski definition) is 8. The summed E-state index contributed by atoms with van der Waals surface area (Å²) >= 11 is 0. The van der Waals surface area contributed by atoms with Crippen LogP contribution >= 0.6 is 0 Å². The third-order valence-electron chi connectivity index (χ3n) is 4.26. The van der Waals surface area contributed by atoms with Crippen molar-refractivity contribution in [1.82, 2.24) is 19.9 Å². The number of nitrogens with two attached hydrogens (primary N) is 1. The summed E-state index contributed by atoms with van der Waals surface area (Å²) in [5.41, 5.74) is 7.26. The van der Waals surface area contributed by atoms with E-state index in [1.54, 1.807) is 19.3 Å². The van der Waals surface area contributed by atoms with E-state index in [0.29, 0.717) is 22.7 Å². The van der Waals surface area contributed by atoms with Gasteiger partial charge in [0, 0.05) is 59.9 Å². The maximum Gasteiger partial charge on any atom is 0.328 e. The molecule has 0 saturated heterocycles. The molecule has 33 heavy (non-hydrogen) atoms. The summed E-state index contributed by atoms with van der Waals surface area (Å²) < 4.78 is 0. The van der Waals surface area contributed by atoms with Crippen LogP contribution in [-0.4, -0.2) is 70.1 Å². The Balaban J connectivity index is 0.000000385. The van der Waals surface area contributed by atoms with E-state index in [1.165, 1.54) is 30.9 Å². The van der Waals surface area contributed by atoms with Gasteiger partial charge in [-0.2, -0.15) is 0 Å². The Kier molecular flexibility index (Phi) is 10.8. The molecule has 2 atom stereocenters. The molecule has 0 amide bonds. The Morgan fingerprint density at radius 3 is 2.06 bits per heavy atom. The fourth-order valence-corrected chi connectivity index (χ4v) is 2.63. The molecule has 0 aliphatic rings. The molecule has 0 aliphatic carbocycles. The van der Waals surface area contributed by atoms with Crippen LogP contribution in [0.3, 0.4) is 0 Å². The number of carboxylic acids is 2. The first-order chi connectivity index (χ1) is 15.2.